The summed E-state index contributed by atoms with van der Waals surface area (Å²) < 4.78 is 25.6. The molecule has 4 aromatic rings. The van der Waals surface area contributed by atoms with Crippen molar-refractivity contribution in [2.24, 2.45) is 0 Å². The molecule has 0 aliphatic rings. The van der Waals surface area contributed by atoms with Gasteiger partial charge in [0, 0.05) is 30.1 Å². The van der Waals surface area contributed by atoms with Crippen LogP contribution in [0.3, 0.4) is 0 Å². The minimum Gasteiger partial charge on any atom is -0.484 e. The molecular weight excluding hydrogens is 389 g/mol. The lowest BCUT2D eigenvalue weighted by Gasteiger charge is -2.02. The van der Waals surface area contributed by atoms with Gasteiger partial charge in [0.25, 0.3) is 5.91 Å². The van der Waals surface area contributed by atoms with E-state index >= 15 is 0 Å². The zero-order valence-electron chi connectivity index (χ0n) is 16.1. The van der Waals surface area contributed by atoms with E-state index in [1.165, 1.54) is 22.9 Å². The molecule has 1 aromatic carbocycles. The Kier molecular flexibility index (Phi) is 5.51. The number of nitrogens with zero attached hydrogens (tertiary/aromatic N) is 4. The van der Waals surface area contributed by atoms with Crippen LogP contribution in [0, 0.1) is 12.7 Å². The molecule has 0 aliphatic carbocycles. The van der Waals surface area contributed by atoms with Crippen molar-refractivity contribution in [1.82, 2.24) is 25.2 Å². The van der Waals surface area contributed by atoms with Gasteiger partial charge in [0.1, 0.15) is 18.2 Å². The monoisotopic (exact) mass is 407 g/mol. The summed E-state index contributed by atoms with van der Waals surface area (Å²) in [5.74, 6) is 0.278. The van der Waals surface area contributed by atoms with E-state index in [9.17, 15) is 9.18 Å². The van der Waals surface area contributed by atoms with Crippen molar-refractivity contribution in [2.75, 3.05) is 0 Å². The molecule has 0 saturated carbocycles. The predicted molar refractivity (Wildman–Crippen MR) is 105 cm³/mol. The average molecular weight is 407 g/mol. The number of pyridine rings is 1. The van der Waals surface area contributed by atoms with Gasteiger partial charge in [0.05, 0.1) is 18.1 Å². The molecule has 0 fully saturated rings. The Morgan fingerprint density at radius 2 is 2.13 bits per heavy atom. The van der Waals surface area contributed by atoms with Crippen molar-refractivity contribution in [2.45, 2.75) is 20.1 Å². The fourth-order valence-corrected chi connectivity index (χ4v) is 2.67. The van der Waals surface area contributed by atoms with Gasteiger partial charge >= 0.3 is 0 Å². The number of amides is 1. The average Bonchev–Trinajstić information content (AvgIpc) is 3.41. The molecule has 152 valence electrons. The quantitative estimate of drug-likeness (QED) is 0.506. The van der Waals surface area contributed by atoms with E-state index < -0.39 is 0 Å². The molecule has 0 bridgehead atoms. The molecule has 3 aromatic heterocycles. The normalized spacial score (nSPS) is 10.7. The van der Waals surface area contributed by atoms with Gasteiger partial charge in [-0.1, -0.05) is 11.2 Å². The first kappa shape index (κ1) is 19.3. The van der Waals surface area contributed by atoms with Crippen LogP contribution in [0.1, 0.15) is 27.5 Å². The number of hydrogen-bond acceptors (Lipinski definition) is 6. The SMILES string of the molecule is Cc1ccc(OCc2cc(C(=O)NCc3cnn(-c4cccc(F)c4)c3)no2)cn1. The summed E-state index contributed by atoms with van der Waals surface area (Å²) in [7, 11) is 0. The molecular formula is C21H18FN5O3. The third-order valence-electron chi connectivity index (χ3n) is 4.22. The van der Waals surface area contributed by atoms with Crippen molar-refractivity contribution < 1.29 is 18.4 Å². The first-order valence-electron chi connectivity index (χ1n) is 9.15. The number of rotatable bonds is 7. The largest absolute Gasteiger partial charge is 0.484 e. The maximum atomic E-state index is 13.3. The lowest BCUT2D eigenvalue weighted by molar-refractivity contribution is 0.0941. The summed E-state index contributed by atoms with van der Waals surface area (Å²) in [6, 6.07) is 11.2. The molecule has 0 aliphatic heterocycles. The van der Waals surface area contributed by atoms with Crippen LogP contribution in [0.5, 0.6) is 5.75 Å². The standard InChI is InChI=1S/C21H18FN5O3/c1-14-5-6-18(11-23-14)29-13-19-8-20(26-30-19)21(28)24-9-15-10-25-27(12-15)17-4-2-3-16(22)7-17/h2-8,10-12H,9,13H2,1H3,(H,24,28). The molecule has 8 nitrogen and oxygen atoms in total. The Labute approximate surface area is 171 Å². The molecule has 1 N–H and O–H groups in total. The Morgan fingerprint density at radius 3 is 2.93 bits per heavy atom. The van der Waals surface area contributed by atoms with E-state index in [4.69, 9.17) is 9.26 Å². The number of aromatic nitrogens is 4. The highest BCUT2D eigenvalue weighted by Gasteiger charge is 2.13. The van der Waals surface area contributed by atoms with Gasteiger partial charge in [-0.3, -0.25) is 9.78 Å². The molecule has 9 heteroatoms. The summed E-state index contributed by atoms with van der Waals surface area (Å²) in [5, 5.41) is 10.7. The minimum absolute atomic E-state index is 0.130. The molecule has 1 amide bonds. The summed E-state index contributed by atoms with van der Waals surface area (Å²) in [6.45, 7) is 2.25. The maximum absolute atomic E-state index is 13.3. The second-order valence-corrected chi connectivity index (χ2v) is 6.56. The smallest absolute Gasteiger partial charge is 0.273 e. The van der Waals surface area contributed by atoms with Gasteiger partial charge in [0.15, 0.2) is 11.5 Å². The van der Waals surface area contributed by atoms with Crippen molar-refractivity contribution in [3.63, 3.8) is 0 Å². The molecule has 4 rings (SSSR count). The van der Waals surface area contributed by atoms with Gasteiger partial charge in [0.2, 0.25) is 0 Å². The maximum Gasteiger partial charge on any atom is 0.273 e. The molecule has 0 unspecified atom stereocenters. The number of benzene rings is 1. The number of aryl methyl sites for hydroxylation is 1. The topological polar surface area (TPSA) is 95.1 Å². The fraction of sp³-hybridized carbons (Fsp3) is 0.143. The zero-order chi connectivity index (χ0) is 20.9. The molecule has 3 heterocycles. The second kappa shape index (κ2) is 8.56. The van der Waals surface area contributed by atoms with Crippen LogP contribution < -0.4 is 10.1 Å². The van der Waals surface area contributed by atoms with Gasteiger partial charge in [-0.2, -0.15) is 5.10 Å². The van der Waals surface area contributed by atoms with E-state index in [-0.39, 0.29) is 30.6 Å². The van der Waals surface area contributed by atoms with Crippen LogP contribution in [0.15, 0.2) is 65.6 Å². The molecule has 0 radical (unpaired) electrons. The third-order valence-corrected chi connectivity index (χ3v) is 4.22. The minimum atomic E-state index is -0.388. The van der Waals surface area contributed by atoms with E-state index in [0.717, 1.165) is 11.3 Å². The Balaban J connectivity index is 1.31. The van der Waals surface area contributed by atoms with Gasteiger partial charge in [-0.05, 0) is 37.3 Å². The van der Waals surface area contributed by atoms with Crippen LogP contribution in [0.4, 0.5) is 4.39 Å². The number of carbonyl (C=O) groups excluding carboxylic acids is 1. The van der Waals surface area contributed by atoms with Crippen LogP contribution in [-0.2, 0) is 13.2 Å². The fourth-order valence-electron chi connectivity index (χ4n) is 2.67. The second-order valence-electron chi connectivity index (χ2n) is 6.56. The number of carbonyl (C=O) groups is 1. The number of nitrogens with one attached hydrogen (secondary N) is 1. The van der Waals surface area contributed by atoms with Gasteiger partial charge in [-0.25, -0.2) is 9.07 Å². The summed E-state index contributed by atoms with van der Waals surface area (Å²) in [5.41, 5.74) is 2.39. The Bertz CT molecular complexity index is 1150. The van der Waals surface area contributed by atoms with Crippen molar-refractivity contribution in [3.8, 4) is 11.4 Å². The Morgan fingerprint density at radius 1 is 1.23 bits per heavy atom. The first-order chi connectivity index (χ1) is 14.6. The van der Waals surface area contributed by atoms with E-state index in [2.05, 4.69) is 20.6 Å². The van der Waals surface area contributed by atoms with Crippen LogP contribution in [0.2, 0.25) is 0 Å². The van der Waals surface area contributed by atoms with Crippen LogP contribution in [-0.4, -0.2) is 25.8 Å². The van der Waals surface area contributed by atoms with E-state index in [0.29, 0.717) is 17.2 Å². The van der Waals surface area contributed by atoms with Crippen LogP contribution >= 0.6 is 0 Å². The van der Waals surface area contributed by atoms with Crippen LogP contribution in [0.25, 0.3) is 5.69 Å². The van der Waals surface area contributed by atoms with Crippen molar-refractivity contribution in [1.29, 1.82) is 0 Å². The highest BCUT2D eigenvalue weighted by atomic mass is 19.1. The highest BCUT2D eigenvalue weighted by molar-refractivity contribution is 5.92. The van der Waals surface area contributed by atoms with E-state index in [1.54, 1.807) is 36.8 Å². The highest BCUT2D eigenvalue weighted by Crippen LogP contribution is 2.13. The third kappa shape index (κ3) is 4.69. The summed E-state index contributed by atoms with van der Waals surface area (Å²) >= 11 is 0. The van der Waals surface area contributed by atoms with Gasteiger partial charge in [-0.15, -0.1) is 0 Å². The first-order valence-corrected chi connectivity index (χ1v) is 9.15. The number of ether oxygens (including phenoxy) is 1. The predicted octanol–water partition coefficient (Wildman–Crippen LogP) is 3.21. The molecule has 0 atom stereocenters. The summed E-state index contributed by atoms with van der Waals surface area (Å²) in [6.07, 6.45) is 4.93. The van der Waals surface area contributed by atoms with Crippen molar-refractivity contribution in [3.05, 3.63) is 89.6 Å². The number of halogens is 1. The zero-order valence-corrected chi connectivity index (χ0v) is 16.1. The van der Waals surface area contributed by atoms with Crippen molar-refractivity contribution >= 4 is 5.91 Å². The summed E-state index contributed by atoms with van der Waals surface area (Å²) in [4.78, 5) is 16.4. The van der Waals surface area contributed by atoms with Gasteiger partial charge < -0.3 is 14.6 Å². The lowest BCUT2D eigenvalue weighted by atomic mass is 10.3. The van der Waals surface area contributed by atoms with E-state index in [1.807, 2.05) is 13.0 Å². The molecule has 0 saturated heterocycles. The molecule has 30 heavy (non-hydrogen) atoms. The number of hydrogen-bond donors (Lipinski definition) is 1. The lowest BCUT2D eigenvalue weighted by Crippen LogP contribution is -2.22. The molecule has 0 spiro atoms. The Hall–Kier alpha value is -4.01.